The molecule has 0 aliphatic heterocycles. The number of aldehydes is 1. The van der Waals surface area contributed by atoms with Gasteiger partial charge in [-0.1, -0.05) is 0 Å². The number of aliphatic hydroxyl groups is 7. The van der Waals surface area contributed by atoms with Crippen molar-refractivity contribution in [2.24, 2.45) is 0 Å². The van der Waals surface area contributed by atoms with Crippen LogP contribution in [0.5, 0.6) is 0 Å². The van der Waals surface area contributed by atoms with Crippen molar-refractivity contribution in [2.45, 2.75) is 30.5 Å². The van der Waals surface area contributed by atoms with Crippen LogP contribution in [0.3, 0.4) is 0 Å². The minimum atomic E-state index is -4.50. The van der Waals surface area contributed by atoms with E-state index in [0.29, 0.717) is 0 Å². The zero-order chi connectivity index (χ0) is 17.9. The summed E-state index contributed by atoms with van der Waals surface area (Å²) >= 11 is 0. The highest BCUT2D eigenvalue weighted by molar-refractivity contribution is 7.46. The molecule has 0 spiro atoms. The highest BCUT2D eigenvalue weighted by Crippen LogP contribution is 2.35. The lowest BCUT2D eigenvalue weighted by molar-refractivity contribution is -0.136. The summed E-state index contributed by atoms with van der Waals surface area (Å²) in [5, 5.41) is 60.2. The molecule has 13 heteroatoms. The molecular weight excluding hydrogens is 331 g/mol. The Labute approximate surface area is 125 Å². The van der Waals surface area contributed by atoms with Crippen molar-refractivity contribution in [2.75, 3.05) is 19.8 Å². The predicted octanol–water partition coefficient (Wildman–Crippen LogP) is -4.93. The van der Waals surface area contributed by atoms with Crippen LogP contribution in [0.15, 0.2) is 0 Å². The summed E-state index contributed by atoms with van der Waals surface area (Å²) in [5.41, 5.74) is 0. The molecule has 134 valence electrons. The number of carbonyl (C=O) groups is 1. The van der Waals surface area contributed by atoms with Gasteiger partial charge < -0.3 is 50.3 Å². The summed E-state index contributed by atoms with van der Waals surface area (Å²) in [4.78, 5) is 26.0. The maximum atomic E-state index is 9.93. The fraction of sp³-hybridized carbons (Fsp3) is 0.889. The molecular formula is C9H21O12P. The summed E-state index contributed by atoms with van der Waals surface area (Å²) in [5.74, 6) is 0. The summed E-state index contributed by atoms with van der Waals surface area (Å²) in [6.07, 6.45) is -8.08. The van der Waals surface area contributed by atoms with Gasteiger partial charge in [-0.25, -0.2) is 4.57 Å². The van der Waals surface area contributed by atoms with Crippen LogP contribution < -0.4 is 0 Å². The lowest BCUT2D eigenvalue weighted by Crippen LogP contribution is -2.46. The topological polar surface area (TPSA) is 225 Å². The second-order valence-corrected chi connectivity index (χ2v) is 5.22. The Morgan fingerprint density at radius 1 is 0.955 bits per heavy atom. The maximum absolute atomic E-state index is 9.93. The Bertz CT molecular complexity index is 333. The molecule has 0 bridgehead atoms. The van der Waals surface area contributed by atoms with Gasteiger partial charge in [-0.15, -0.1) is 0 Å². The van der Waals surface area contributed by atoms with Gasteiger partial charge in [-0.3, -0.25) is 4.52 Å². The van der Waals surface area contributed by atoms with Crippen molar-refractivity contribution in [1.82, 2.24) is 0 Å². The van der Waals surface area contributed by atoms with E-state index in [2.05, 4.69) is 4.52 Å². The standard InChI is InChI=1S/C6H12O6.C3H9O6P/c7-1-3(9)5(11)6(12)4(10)2-8;4-1-3(5)2-9-10(6,7)8/h1,3-6,8-12H,2H2;3-5H,1-2H2,(H2,6,7,8). The fourth-order valence-corrected chi connectivity index (χ4v) is 1.22. The minimum absolute atomic E-state index is 0.0258. The molecule has 0 aromatic carbocycles. The molecule has 0 aliphatic rings. The van der Waals surface area contributed by atoms with Crippen molar-refractivity contribution in [3.63, 3.8) is 0 Å². The normalized spacial score (nSPS) is 18.4. The van der Waals surface area contributed by atoms with Crippen molar-refractivity contribution in [3.05, 3.63) is 0 Å². The van der Waals surface area contributed by atoms with Crippen LogP contribution in [0.1, 0.15) is 0 Å². The highest BCUT2D eigenvalue weighted by atomic mass is 31.2. The van der Waals surface area contributed by atoms with E-state index in [1.807, 2.05) is 0 Å². The number of phosphoric ester groups is 1. The fourth-order valence-electron chi connectivity index (χ4n) is 0.854. The van der Waals surface area contributed by atoms with E-state index in [0.717, 1.165) is 0 Å². The van der Waals surface area contributed by atoms with Gasteiger partial charge in [0.15, 0.2) is 6.29 Å². The number of phosphoric acid groups is 1. The average molecular weight is 352 g/mol. The van der Waals surface area contributed by atoms with Gasteiger partial charge in [-0.2, -0.15) is 0 Å². The maximum Gasteiger partial charge on any atom is 0.469 e. The Balaban J connectivity index is 0. The molecule has 0 amide bonds. The zero-order valence-electron chi connectivity index (χ0n) is 11.3. The lowest BCUT2D eigenvalue weighted by atomic mass is 10.0. The van der Waals surface area contributed by atoms with Crippen LogP contribution in [0.2, 0.25) is 0 Å². The molecule has 0 rings (SSSR count). The number of hydrogen-bond acceptors (Lipinski definition) is 10. The molecule has 0 saturated heterocycles. The highest BCUT2D eigenvalue weighted by Gasteiger charge is 2.29. The second-order valence-electron chi connectivity index (χ2n) is 3.98. The molecule has 0 aliphatic carbocycles. The van der Waals surface area contributed by atoms with Crippen molar-refractivity contribution < 1.29 is 59.4 Å². The third-order valence-electron chi connectivity index (χ3n) is 2.07. The number of aliphatic hydroxyl groups excluding tert-OH is 7. The molecule has 5 atom stereocenters. The molecule has 0 radical (unpaired) electrons. The van der Waals surface area contributed by atoms with Gasteiger partial charge >= 0.3 is 7.82 Å². The van der Waals surface area contributed by atoms with E-state index in [1.54, 1.807) is 0 Å². The SMILES string of the molecule is O=CC(O)C(O)C(O)C(O)CO.O=P(O)(O)OCC(O)CO. The first-order valence-corrected chi connectivity index (χ1v) is 7.30. The first kappa shape index (κ1) is 23.8. The first-order chi connectivity index (χ1) is 9.99. The van der Waals surface area contributed by atoms with Crippen LogP contribution in [0.4, 0.5) is 0 Å². The van der Waals surface area contributed by atoms with E-state index in [1.165, 1.54) is 0 Å². The van der Waals surface area contributed by atoms with Crippen LogP contribution in [-0.4, -0.2) is 102 Å². The monoisotopic (exact) mass is 352 g/mol. The quantitative estimate of drug-likeness (QED) is 0.140. The van der Waals surface area contributed by atoms with E-state index in [9.17, 15) is 9.36 Å². The van der Waals surface area contributed by atoms with Crippen LogP contribution in [-0.2, 0) is 13.9 Å². The van der Waals surface area contributed by atoms with Crippen molar-refractivity contribution >= 4 is 14.1 Å². The van der Waals surface area contributed by atoms with E-state index in [4.69, 9.17) is 45.5 Å². The van der Waals surface area contributed by atoms with E-state index in [-0.39, 0.29) is 6.29 Å². The van der Waals surface area contributed by atoms with Gasteiger partial charge in [0.2, 0.25) is 0 Å². The molecule has 0 fully saturated rings. The predicted molar refractivity (Wildman–Crippen MR) is 68.3 cm³/mol. The molecule has 0 saturated carbocycles. The molecule has 0 aromatic heterocycles. The van der Waals surface area contributed by atoms with Crippen molar-refractivity contribution in [3.8, 4) is 0 Å². The van der Waals surface area contributed by atoms with Gasteiger partial charge in [0.05, 0.1) is 19.8 Å². The average Bonchev–Trinajstić information content (AvgIpc) is 2.49. The molecule has 5 unspecified atom stereocenters. The second kappa shape index (κ2) is 12.0. The van der Waals surface area contributed by atoms with Gasteiger partial charge in [0.25, 0.3) is 0 Å². The van der Waals surface area contributed by atoms with Crippen LogP contribution in [0, 0.1) is 0 Å². The number of rotatable bonds is 9. The van der Waals surface area contributed by atoms with E-state index >= 15 is 0 Å². The van der Waals surface area contributed by atoms with Crippen LogP contribution in [0.25, 0.3) is 0 Å². The van der Waals surface area contributed by atoms with Gasteiger partial charge in [0.1, 0.15) is 30.5 Å². The number of carbonyl (C=O) groups excluding carboxylic acids is 1. The summed E-state index contributed by atoms with van der Waals surface area (Å²) in [6, 6.07) is 0. The summed E-state index contributed by atoms with van der Waals surface area (Å²) < 4.78 is 13.8. The Hall–Kier alpha value is -0.500. The Morgan fingerprint density at radius 2 is 1.45 bits per heavy atom. The Morgan fingerprint density at radius 3 is 1.77 bits per heavy atom. The largest absolute Gasteiger partial charge is 0.469 e. The molecule has 9 N–H and O–H groups in total. The van der Waals surface area contributed by atoms with E-state index < -0.39 is 58.2 Å². The Kier molecular flexibility index (Phi) is 12.9. The smallest absolute Gasteiger partial charge is 0.394 e. The third kappa shape index (κ3) is 12.1. The van der Waals surface area contributed by atoms with Gasteiger partial charge in [-0.05, 0) is 0 Å². The first-order valence-electron chi connectivity index (χ1n) is 5.77. The lowest BCUT2D eigenvalue weighted by Gasteiger charge is -2.22. The molecule has 12 nitrogen and oxygen atoms in total. The third-order valence-corrected chi connectivity index (χ3v) is 2.55. The number of hydrogen-bond donors (Lipinski definition) is 9. The summed E-state index contributed by atoms with van der Waals surface area (Å²) in [6.45, 7) is -1.91. The van der Waals surface area contributed by atoms with Crippen LogP contribution >= 0.6 is 7.82 Å². The zero-order valence-corrected chi connectivity index (χ0v) is 12.2. The van der Waals surface area contributed by atoms with Gasteiger partial charge in [0, 0.05) is 0 Å². The van der Waals surface area contributed by atoms with Crippen molar-refractivity contribution in [1.29, 1.82) is 0 Å². The molecule has 0 heterocycles. The minimum Gasteiger partial charge on any atom is -0.394 e. The summed E-state index contributed by atoms with van der Waals surface area (Å²) in [7, 11) is -4.50. The molecule has 0 aromatic rings. The molecule has 22 heavy (non-hydrogen) atoms.